The Morgan fingerprint density at radius 2 is 1.72 bits per heavy atom. The van der Waals surface area contributed by atoms with E-state index in [1.54, 1.807) is 12.1 Å². The maximum absolute atomic E-state index is 12.8. The first kappa shape index (κ1) is 13.4. The van der Waals surface area contributed by atoms with Crippen molar-refractivity contribution in [3.63, 3.8) is 0 Å². The van der Waals surface area contributed by atoms with E-state index in [-0.39, 0.29) is 0 Å². The van der Waals surface area contributed by atoms with E-state index in [1.807, 2.05) is 0 Å². The minimum Gasteiger partial charge on any atom is -0.310 e. The van der Waals surface area contributed by atoms with Crippen molar-refractivity contribution < 1.29 is 13.2 Å². The van der Waals surface area contributed by atoms with Gasteiger partial charge in [-0.25, -0.2) is 0 Å². The van der Waals surface area contributed by atoms with Gasteiger partial charge in [0.25, 0.3) is 0 Å². The molecule has 0 aromatic heterocycles. The molecule has 0 saturated heterocycles. The van der Waals surface area contributed by atoms with Crippen LogP contribution in [0.15, 0.2) is 24.3 Å². The molecule has 2 rings (SSSR count). The van der Waals surface area contributed by atoms with Gasteiger partial charge in [0.15, 0.2) is 0 Å². The van der Waals surface area contributed by atoms with Gasteiger partial charge in [0.2, 0.25) is 0 Å². The molecule has 4 heteroatoms. The lowest BCUT2D eigenvalue weighted by Gasteiger charge is -2.23. The van der Waals surface area contributed by atoms with Crippen LogP contribution < -0.4 is 5.32 Å². The minimum absolute atomic E-state index is 0.306. The third-order valence-electron chi connectivity index (χ3n) is 3.51. The second kappa shape index (κ2) is 5.74. The number of hydrogen-bond donors (Lipinski definition) is 1. The first-order chi connectivity index (χ1) is 8.57. The molecule has 0 aliphatic heterocycles. The topological polar surface area (TPSA) is 12.0 Å². The summed E-state index contributed by atoms with van der Waals surface area (Å²) < 4.78 is 38.4. The molecule has 1 aliphatic rings. The highest BCUT2D eigenvalue weighted by molar-refractivity contribution is 5.29. The zero-order valence-corrected chi connectivity index (χ0v) is 10.3. The van der Waals surface area contributed by atoms with E-state index in [9.17, 15) is 13.2 Å². The summed E-state index contributed by atoms with van der Waals surface area (Å²) in [7, 11) is 0. The predicted octanol–water partition coefficient (Wildman–Crippen LogP) is 4.13. The second-order valence-corrected chi connectivity index (χ2v) is 4.87. The number of hydrogen-bond acceptors (Lipinski definition) is 1. The Morgan fingerprint density at radius 1 is 1.06 bits per heavy atom. The Hall–Kier alpha value is -1.03. The Morgan fingerprint density at radius 3 is 2.39 bits per heavy atom. The number of alkyl halides is 3. The first-order valence-electron chi connectivity index (χ1n) is 6.46. The molecule has 18 heavy (non-hydrogen) atoms. The highest BCUT2D eigenvalue weighted by atomic mass is 19.4. The number of nitrogens with one attached hydrogen (secondary N) is 1. The van der Waals surface area contributed by atoms with E-state index in [1.165, 1.54) is 25.3 Å². The molecule has 1 fully saturated rings. The molecule has 100 valence electrons. The summed E-state index contributed by atoms with van der Waals surface area (Å²) in [5, 5.41) is 3.25. The number of halogens is 3. The van der Waals surface area contributed by atoms with Gasteiger partial charge in [-0.3, -0.25) is 0 Å². The van der Waals surface area contributed by atoms with Crippen molar-refractivity contribution in [3.8, 4) is 0 Å². The lowest BCUT2D eigenvalue weighted by atomic mass is 9.95. The van der Waals surface area contributed by atoms with E-state index in [0.29, 0.717) is 18.2 Å². The Labute approximate surface area is 105 Å². The summed E-state index contributed by atoms with van der Waals surface area (Å²) in [6.45, 7) is 0.306. The van der Waals surface area contributed by atoms with Crippen molar-refractivity contribution in [3.05, 3.63) is 35.4 Å². The Kier molecular flexibility index (Phi) is 4.27. The summed E-state index contributed by atoms with van der Waals surface area (Å²) >= 11 is 0. The smallest absolute Gasteiger partial charge is 0.310 e. The fourth-order valence-electron chi connectivity index (χ4n) is 2.51. The van der Waals surface area contributed by atoms with Crippen LogP contribution in [0.5, 0.6) is 0 Å². The van der Waals surface area contributed by atoms with Gasteiger partial charge >= 0.3 is 6.18 Å². The van der Waals surface area contributed by atoms with Gasteiger partial charge in [-0.05, 0) is 24.5 Å². The van der Waals surface area contributed by atoms with Crippen LogP contribution in [0.4, 0.5) is 13.2 Å². The molecular weight excluding hydrogens is 239 g/mol. The fourth-order valence-corrected chi connectivity index (χ4v) is 2.51. The lowest BCUT2D eigenvalue weighted by molar-refractivity contribution is -0.138. The van der Waals surface area contributed by atoms with Crippen LogP contribution in [0.2, 0.25) is 0 Å². The average molecular weight is 257 g/mol. The molecule has 1 aromatic carbocycles. The molecule has 0 spiro atoms. The van der Waals surface area contributed by atoms with Crippen LogP contribution in [0.1, 0.15) is 43.2 Å². The van der Waals surface area contributed by atoms with Gasteiger partial charge in [0.1, 0.15) is 0 Å². The van der Waals surface area contributed by atoms with Gasteiger partial charge in [-0.1, -0.05) is 37.5 Å². The molecule has 1 N–H and O–H groups in total. The van der Waals surface area contributed by atoms with Crippen molar-refractivity contribution in [2.24, 2.45) is 0 Å². The van der Waals surface area contributed by atoms with Gasteiger partial charge in [0, 0.05) is 12.6 Å². The summed E-state index contributed by atoms with van der Waals surface area (Å²) in [6.07, 6.45) is 1.50. The molecule has 0 unspecified atom stereocenters. The van der Waals surface area contributed by atoms with Crippen LogP contribution in [0.3, 0.4) is 0 Å². The summed E-state index contributed by atoms with van der Waals surface area (Å²) in [6, 6.07) is 6.18. The average Bonchev–Trinajstić information content (AvgIpc) is 2.37. The van der Waals surface area contributed by atoms with Crippen molar-refractivity contribution in [1.82, 2.24) is 5.32 Å². The first-order valence-corrected chi connectivity index (χ1v) is 6.46. The van der Waals surface area contributed by atoms with Crippen molar-refractivity contribution in [2.75, 3.05) is 0 Å². The highest BCUT2D eigenvalue weighted by Crippen LogP contribution is 2.32. The zero-order chi connectivity index (χ0) is 13.0. The third-order valence-corrected chi connectivity index (χ3v) is 3.51. The van der Waals surface area contributed by atoms with Crippen molar-refractivity contribution in [2.45, 2.75) is 50.9 Å². The summed E-state index contributed by atoms with van der Waals surface area (Å²) in [5.74, 6) is 0. The molecule has 1 saturated carbocycles. The van der Waals surface area contributed by atoms with Crippen LogP contribution in [-0.2, 0) is 12.7 Å². The predicted molar refractivity (Wildman–Crippen MR) is 65.2 cm³/mol. The molecule has 1 nitrogen and oxygen atoms in total. The molecule has 0 atom stereocenters. The quantitative estimate of drug-likeness (QED) is 0.858. The SMILES string of the molecule is FC(F)(F)c1ccccc1CNC1CCCCC1. The largest absolute Gasteiger partial charge is 0.416 e. The number of rotatable bonds is 3. The standard InChI is InChI=1S/C14H18F3N/c15-14(16,17)13-9-5-4-6-11(13)10-18-12-7-2-1-3-8-12/h4-6,9,12,18H,1-3,7-8,10H2. The molecule has 1 aliphatic carbocycles. The maximum Gasteiger partial charge on any atom is 0.416 e. The Balaban J connectivity index is 2.00. The van der Waals surface area contributed by atoms with Gasteiger partial charge < -0.3 is 5.32 Å². The van der Waals surface area contributed by atoms with Crippen molar-refractivity contribution in [1.29, 1.82) is 0 Å². The monoisotopic (exact) mass is 257 g/mol. The summed E-state index contributed by atoms with van der Waals surface area (Å²) in [4.78, 5) is 0. The summed E-state index contributed by atoms with van der Waals surface area (Å²) in [5.41, 5.74) is -0.177. The van der Waals surface area contributed by atoms with Crippen molar-refractivity contribution >= 4 is 0 Å². The van der Waals surface area contributed by atoms with Crippen LogP contribution in [-0.4, -0.2) is 6.04 Å². The highest BCUT2D eigenvalue weighted by Gasteiger charge is 2.32. The fraction of sp³-hybridized carbons (Fsp3) is 0.571. The van der Waals surface area contributed by atoms with E-state index in [4.69, 9.17) is 0 Å². The molecule has 1 aromatic rings. The van der Waals surface area contributed by atoms with E-state index < -0.39 is 11.7 Å². The van der Waals surface area contributed by atoms with E-state index >= 15 is 0 Å². The Bertz CT molecular complexity index is 381. The molecule has 0 bridgehead atoms. The van der Waals surface area contributed by atoms with E-state index in [2.05, 4.69) is 5.32 Å². The van der Waals surface area contributed by atoms with Crippen LogP contribution in [0, 0.1) is 0 Å². The third kappa shape index (κ3) is 3.48. The zero-order valence-electron chi connectivity index (χ0n) is 10.3. The van der Waals surface area contributed by atoms with Gasteiger partial charge in [-0.2, -0.15) is 13.2 Å². The second-order valence-electron chi connectivity index (χ2n) is 4.87. The normalized spacial score (nSPS) is 17.9. The van der Waals surface area contributed by atoms with Crippen LogP contribution in [0.25, 0.3) is 0 Å². The molecule has 0 radical (unpaired) electrons. The number of benzene rings is 1. The van der Waals surface area contributed by atoms with Gasteiger partial charge in [0.05, 0.1) is 5.56 Å². The lowest BCUT2D eigenvalue weighted by Crippen LogP contribution is -2.31. The molecule has 0 amide bonds. The molecular formula is C14H18F3N. The minimum atomic E-state index is -4.26. The maximum atomic E-state index is 12.8. The van der Waals surface area contributed by atoms with Gasteiger partial charge in [-0.15, -0.1) is 0 Å². The molecule has 0 heterocycles. The van der Waals surface area contributed by atoms with E-state index in [0.717, 1.165) is 18.9 Å². The van der Waals surface area contributed by atoms with Crippen LogP contribution >= 0.6 is 0 Å².